The van der Waals surface area contributed by atoms with Gasteiger partial charge in [-0.3, -0.25) is 10.1 Å². The SMILES string of the molecule is CCCOc1cc(NCC2CCCCO2)ccc1[N+](=O)[O-]. The van der Waals surface area contributed by atoms with Crippen molar-refractivity contribution in [2.75, 3.05) is 25.1 Å². The topological polar surface area (TPSA) is 73.6 Å². The first-order valence-electron chi connectivity index (χ1n) is 7.47. The standard InChI is InChI=1S/C15H22N2O4/c1-2-8-21-15-10-12(6-7-14(15)17(18)19)16-11-13-5-3-4-9-20-13/h6-7,10,13,16H,2-5,8-9,11H2,1H3. The molecule has 0 radical (unpaired) electrons. The predicted molar refractivity (Wildman–Crippen MR) is 81.0 cm³/mol. The summed E-state index contributed by atoms with van der Waals surface area (Å²) in [6.07, 6.45) is 4.40. The van der Waals surface area contributed by atoms with Crippen LogP contribution in [0.25, 0.3) is 0 Å². The fraction of sp³-hybridized carbons (Fsp3) is 0.600. The number of ether oxygens (including phenoxy) is 2. The van der Waals surface area contributed by atoms with Crippen molar-refractivity contribution >= 4 is 11.4 Å². The molecule has 1 aromatic rings. The van der Waals surface area contributed by atoms with Crippen LogP contribution in [-0.2, 0) is 4.74 Å². The van der Waals surface area contributed by atoms with Gasteiger partial charge in [0.05, 0.1) is 17.6 Å². The fourth-order valence-corrected chi connectivity index (χ4v) is 2.30. The van der Waals surface area contributed by atoms with Crippen molar-refractivity contribution < 1.29 is 14.4 Å². The lowest BCUT2D eigenvalue weighted by Gasteiger charge is -2.23. The second-order valence-electron chi connectivity index (χ2n) is 5.16. The Morgan fingerprint density at radius 1 is 1.48 bits per heavy atom. The van der Waals surface area contributed by atoms with Crippen LogP contribution in [0.15, 0.2) is 18.2 Å². The molecule has 116 valence electrons. The summed E-state index contributed by atoms with van der Waals surface area (Å²) >= 11 is 0. The summed E-state index contributed by atoms with van der Waals surface area (Å²) in [6.45, 7) is 3.97. The molecule has 0 amide bonds. The first-order valence-corrected chi connectivity index (χ1v) is 7.47. The molecule has 1 aromatic carbocycles. The van der Waals surface area contributed by atoms with E-state index in [0.717, 1.165) is 31.6 Å². The van der Waals surface area contributed by atoms with E-state index in [4.69, 9.17) is 9.47 Å². The van der Waals surface area contributed by atoms with Gasteiger partial charge in [-0.1, -0.05) is 6.92 Å². The maximum Gasteiger partial charge on any atom is 0.311 e. The van der Waals surface area contributed by atoms with Crippen LogP contribution in [0.1, 0.15) is 32.6 Å². The number of nitro benzene ring substituents is 1. The van der Waals surface area contributed by atoms with Gasteiger partial charge in [-0.25, -0.2) is 0 Å². The molecule has 1 fully saturated rings. The highest BCUT2D eigenvalue weighted by atomic mass is 16.6. The average molecular weight is 294 g/mol. The van der Waals surface area contributed by atoms with E-state index in [1.165, 1.54) is 12.5 Å². The van der Waals surface area contributed by atoms with Crippen LogP contribution in [0.4, 0.5) is 11.4 Å². The van der Waals surface area contributed by atoms with Crippen molar-refractivity contribution in [2.24, 2.45) is 0 Å². The summed E-state index contributed by atoms with van der Waals surface area (Å²) in [4.78, 5) is 10.6. The summed E-state index contributed by atoms with van der Waals surface area (Å²) in [5, 5.41) is 14.3. The van der Waals surface area contributed by atoms with Gasteiger partial charge in [0, 0.05) is 31.0 Å². The Labute approximate surface area is 124 Å². The highest BCUT2D eigenvalue weighted by Gasteiger charge is 2.17. The maximum absolute atomic E-state index is 11.0. The van der Waals surface area contributed by atoms with Gasteiger partial charge in [-0.15, -0.1) is 0 Å². The molecule has 1 aliphatic rings. The Kier molecular flexibility index (Phi) is 5.80. The van der Waals surface area contributed by atoms with Gasteiger partial charge in [0.25, 0.3) is 0 Å². The molecule has 1 N–H and O–H groups in total. The Morgan fingerprint density at radius 3 is 3.00 bits per heavy atom. The van der Waals surface area contributed by atoms with E-state index in [1.807, 2.05) is 6.92 Å². The fourth-order valence-electron chi connectivity index (χ4n) is 2.30. The summed E-state index contributed by atoms with van der Waals surface area (Å²) < 4.78 is 11.1. The quantitative estimate of drug-likeness (QED) is 0.616. The number of anilines is 1. The summed E-state index contributed by atoms with van der Waals surface area (Å²) in [6, 6.07) is 4.88. The molecule has 1 aliphatic heterocycles. The van der Waals surface area contributed by atoms with E-state index in [-0.39, 0.29) is 11.8 Å². The third-order valence-corrected chi connectivity index (χ3v) is 3.43. The van der Waals surface area contributed by atoms with Gasteiger partial charge in [0.15, 0.2) is 5.75 Å². The highest BCUT2D eigenvalue weighted by molar-refractivity contribution is 5.58. The number of benzene rings is 1. The van der Waals surface area contributed by atoms with Gasteiger partial charge >= 0.3 is 5.69 Å². The van der Waals surface area contributed by atoms with Gasteiger partial charge < -0.3 is 14.8 Å². The molecule has 2 rings (SSSR count). The molecule has 0 bridgehead atoms. The molecule has 1 unspecified atom stereocenters. The number of nitro groups is 1. The van der Waals surface area contributed by atoms with Crippen molar-refractivity contribution in [3.05, 3.63) is 28.3 Å². The molecule has 6 nitrogen and oxygen atoms in total. The Morgan fingerprint density at radius 2 is 2.33 bits per heavy atom. The van der Waals surface area contributed by atoms with Crippen molar-refractivity contribution in [3.8, 4) is 5.75 Å². The average Bonchev–Trinajstić information content (AvgIpc) is 2.51. The summed E-state index contributed by atoms with van der Waals surface area (Å²) in [7, 11) is 0. The van der Waals surface area contributed by atoms with Crippen LogP contribution in [0.5, 0.6) is 5.75 Å². The first-order chi connectivity index (χ1) is 10.2. The lowest BCUT2D eigenvalue weighted by molar-refractivity contribution is -0.385. The zero-order valence-corrected chi connectivity index (χ0v) is 12.3. The smallest absolute Gasteiger partial charge is 0.311 e. The second kappa shape index (κ2) is 7.83. The summed E-state index contributed by atoms with van der Waals surface area (Å²) in [5.74, 6) is 0.316. The van der Waals surface area contributed by atoms with Crippen molar-refractivity contribution in [1.29, 1.82) is 0 Å². The Bertz CT molecular complexity index is 473. The Hall–Kier alpha value is -1.82. The largest absolute Gasteiger partial charge is 0.487 e. The minimum Gasteiger partial charge on any atom is -0.487 e. The lowest BCUT2D eigenvalue weighted by atomic mass is 10.1. The van der Waals surface area contributed by atoms with Gasteiger partial charge in [-0.05, 0) is 31.7 Å². The third-order valence-electron chi connectivity index (χ3n) is 3.43. The van der Waals surface area contributed by atoms with Crippen LogP contribution in [-0.4, -0.2) is 30.8 Å². The molecule has 0 aromatic heterocycles. The number of hydrogen-bond donors (Lipinski definition) is 1. The normalized spacial score (nSPS) is 18.2. The maximum atomic E-state index is 11.0. The van der Waals surface area contributed by atoms with E-state index < -0.39 is 4.92 Å². The molecular formula is C15H22N2O4. The molecule has 1 atom stereocenters. The number of hydrogen-bond acceptors (Lipinski definition) is 5. The third kappa shape index (κ3) is 4.60. The van der Waals surface area contributed by atoms with Gasteiger partial charge in [0.2, 0.25) is 0 Å². The number of nitrogens with zero attached hydrogens (tertiary/aromatic N) is 1. The minimum atomic E-state index is -0.418. The van der Waals surface area contributed by atoms with Crippen molar-refractivity contribution in [2.45, 2.75) is 38.7 Å². The second-order valence-corrected chi connectivity index (χ2v) is 5.16. The van der Waals surface area contributed by atoms with E-state index in [0.29, 0.717) is 18.9 Å². The number of nitrogens with one attached hydrogen (secondary N) is 1. The van der Waals surface area contributed by atoms with Crippen molar-refractivity contribution in [3.63, 3.8) is 0 Å². The zero-order valence-electron chi connectivity index (χ0n) is 12.3. The monoisotopic (exact) mass is 294 g/mol. The Balaban J connectivity index is 2.00. The molecule has 1 saturated heterocycles. The van der Waals surface area contributed by atoms with Crippen LogP contribution in [0.3, 0.4) is 0 Å². The van der Waals surface area contributed by atoms with E-state index >= 15 is 0 Å². The molecule has 0 saturated carbocycles. The van der Waals surface area contributed by atoms with Crippen molar-refractivity contribution in [1.82, 2.24) is 0 Å². The highest BCUT2D eigenvalue weighted by Crippen LogP contribution is 2.30. The van der Waals surface area contributed by atoms with Crippen LogP contribution < -0.4 is 10.1 Å². The lowest BCUT2D eigenvalue weighted by Crippen LogP contribution is -2.26. The molecular weight excluding hydrogens is 272 g/mol. The van der Waals surface area contributed by atoms with Gasteiger partial charge in [-0.2, -0.15) is 0 Å². The first kappa shape index (κ1) is 15.6. The molecule has 0 spiro atoms. The van der Waals surface area contributed by atoms with Crippen LogP contribution in [0.2, 0.25) is 0 Å². The van der Waals surface area contributed by atoms with Crippen LogP contribution in [0, 0.1) is 10.1 Å². The van der Waals surface area contributed by atoms with Crippen LogP contribution >= 0.6 is 0 Å². The minimum absolute atomic E-state index is 0.00270. The number of rotatable bonds is 7. The van der Waals surface area contributed by atoms with Gasteiger partial charge in [0.1, 0.15) is 0 Å². The van der Waals surface area contributed by atoms with E-state index in [9.17, 15) is 10.1 Å². The van der Waals surface area contributed by atoms with E-state index in [2.05, 4.69) is 5.32 Å². The molecule has 0 aliphatic carbocycles. The zero-order chi connectivity index (χ0) is 15.1. The molecule has 1 heterocycles. The molecule has 6 heteroatoms. The van der Waals surface area contributed by atoms with E-state index in [1.54, 1.807) is 12.1 Å². The molecule has 21 heavy (non-hydrogen) atoms. The predicted octanol–water partition coefficient (Wildman–Crippen LogP) is 3.36. The summed E-state index contributed by atoms with van der Waals surface area (Å²) in [5.41, 5.74) is 0.823.